The Labute approximate surface area is 122 Å². The molecular formula is C17H14N2O2. The minimum Gasteiger partial charge on any atom is -0.478 e. The lowest BCUT2D eigenvalue weighted by Gasteiger charge is -2.08. The number of benzene rings is 2. The zero-order valence-electron chi connectivity index (χ0n) is 11.5. The van der Waals surface area contributed by atoms with E-state index < -0.39 is 5.97 Å². The summed E-state index contributed by atoms with van der Waals surface area (Å²) in [4.78, 5) is 10.7. The van der Waals surface area contributed by atoms with E-state index in [1.54, 1.807) is 17.0 Å². The van der Waals surface area contributed by atoms with Gasteiger partial charge in [-0.05, 0) is 16.8 Å². The van der Waals surface area contributed by atoms with Gasteiger partial charge in [-0.3, -0.25) is 4.68 Å². The fraction of sp³-hybridized carbons (Fsp3) is 0.0588. The van der Waals surface area contributed by atoms with Gasteiger partial charge in [0, 0.05) is 24.3 Å². The summed E-state index contributed by atoms with van der Waals surface area (Å²) in [5.41, 5.74) is 2.73. The Morgan fingerprint density at radius 1 is 1.19 bits per heavy atom. The van der Waals surface area contributed by atoms with Gasteiger partial charge >= 0.3 is 5.97 Å². The Balaban J connectivity index is 2.24. The number of carboxylic acid groups (broad SMARTS) is 1. The topological polar surface area (TPSA) is 55.1 Å². The van der Waals surface area contributed by atoms with E-state index in [-0.39, 0.29) is 0 Å². The zero-order valence-corrected chi connectivity index (χ0v) is 11.5. The van der Waals surface area contributed by atoms with Crippen molar-refractivity contribution in [1.82, 2.24) is 9.78 Å². The van der Waals surface area contributed by atoms with Crippen LogP contribution >= 0.6 is 0 Å². The quantitative estimate of drug-likeness (QED) is 0.748. The number of carbonyl (C=O) groups is 1. The third-order valence-electron chi connectivity index (χ3n) is 3.42. The van der Waals surface area contributed by atoms with E-state index in [1.165, 1.54) is 0 Å². The van der Waals surface area contributed by atoms with Crippen molar-refractivity contribution in [3.8, 4) is 11.3 Å². The Hall–Kier alpha value is -2.88. The average molecular weight is 278 g/mol. The molecule has 0 saturated heterocycles. The van der Waals surface area contributed by atoms with Crippen LogP contribution in [0.5, 0.6) is 0 Å². The Morgan fingerprint density at radius 3 is 2.76 bits per heavy atom. The van der Waals surface area contributed by atoms with Crippen molar-refractivity contribution in [3.05, 3.63) is 60.3 Å². The lowest BCUT2D eigenvalue weighted by atomic mass is 10.00. The number of nitrogens with zero attached hydrogens (tertiary/aromatic N) is 2. The Kier molecular flexibility index (Phi) is 3.28. The van der Waals surface area contributed by atoms with Crippen LogP contribution < -0.4 is 0 Å². The molecule has 0 aliphatic carbocycles. The van der Waals surface area contributed by atoms with Crippen LogP contribution in [0.15, 0.2) is 54.7 Å². The molecule has 0 fully saturated rings. The van der Waals surface area contributed by atoms with Crippen molar-refractivity contribution in [2.75, 3.05) is 0 Å². The van der Waals surface area contributed by atoms with Crippen molar-refractivity contribution >= 4 is 22.8 Å². The molecule has 0 spiro atoms. The lowest BCUT2D eigenvalue weighted by molar-refractivity contribution is -0.131. The molecule has 3 rings (SSSR count). The van der Waals surface area contributed by atoms with Crippen molar-refractivity contribution in [1.29, 1.82) is 0 Å². The SMILES string of the molecule is Cn1ncc(/C=C/C(=O)O)c1-c1cccc2ccccc12. The van der Waals surface area contributed by atoms with Crippen molar-refractivity contribution < 1.29 is 9.90 Å². The summed E-state index contributed by atoms with van der Waals surface area (Å²) in [6.07, 6.45) is 4.38. The van der Waals surface area contributed by atoms with Crippen LogP contribution in [-0.2, 0) is 11.8 Å². The van der Waals surface area contributed by atoms with Gasteiger partial charge in [-0.15, -0.1) is 0 Å². The molecule has 0 radical (unpaired) electrons. The molecule has 2 aromatic carbocycles. The fourth-order valence-corrected chi connectivity index (χ4v) is 2.50. The Morgan fingerprint density at radius 2 is 1.95 bits per heavy atom. The maximum absolute atomic E-state index is 10.7. The number of carboxylic acids is 1. The van der Waals surface area contributed by atoms with Crippen LogP contribution in [-0.4, -0.2) is 20.9 Å². The van der Waals surface area contributed by atoms with Gasteiger partial charge in [-0.25, -0.2) is 4.79 Å². The van der Waals surface area contributed by atoms with E-state index in [9.17, 15) is 4.79 Å². The average Bonchev–Trinajstić information content (AvgIpc) is 2.85. The van der Waals surface area contributed by atoms with E-state index in [4.69, 9.17) is 5.11 Å². The number of aryl methyl sites for hydroxylation is 1. The van der Waals surface area contributed by atoms with E-state index in [1.807, 2.05) is 31.3 Å². The normalized spacial score (nSPS) is 11.3. The van der Waals surface area contributed by atoms with E-state index in [0.29, 0.717) is 0 Å². The zero-order chi connectivity index (χ0) is 14.8. The molecule has 4 nitrogen and oxygen atoms in total. The van der Waals surface area contributed by atoms with Crippen LogP contribution in [0.1, 0.15) is 5.56 Å². The van der Waals surface area contributed by atoms with Crippen LogP contribution in [0.3, 0.4) is 0 Å². The molecule has 0 atom stereocenters. The molecule has 21 heavy (non-hydrogen) atoms. The smallest absolute Gasteiger partial charge is 0.328 e. The predicted octanol–water partition coefficient (Wildman–Crippen LogP) is 3.34. The molecule has 1 aromatic heterocycles. The number of aromatic nitrogens is 2. The molecule has 104 valence electrons. The lowest BCUT2D eigenvalue weighted by Crippen LogP contribution is -1.95. The molecule has 1 heterocycles. The van der Waals surface area contributed by atoms with Crippen LogP contribution in [0, 0.1) is 0 Å². The fourth-order valence-electron chi connectivity index (χ4n) is 2.50. The summed E-state index contributed by atoms with van der Waals surface area (Å²) in [6, 6.07) is 14.2. The van der Waals surface area contributed by atoms with Crippen LogP contribution in [0.2, 0.25) is 0 Å². The molecule has 1 N–H and O–H groups in total. The minimum absolute atomic E-state index is 0.788. The largest absolute Gasteiger partial charge is 0.478 e. The second-order valence-electron chi connectivity index (χ2n) is 4.77. The molecule has 0 aliphatic heterocycles. The molecule has 0 bridgehead atoms. The summed E-state index contributed by atoms with van der Waals surface area (Å²) in [5.74, 6) is -0.970. The predicted molar refractivity (Wildman–Crippen MR) is 82.8 cm³/mol. The van der Waals surface area contributed by atoms with Gasteiger partial charge in [-0.2, -0.15) is 5.10 Å². The summed E-state index contributed by atoms with van der Waals surface area (Å²) >= 11 is 0. The monoisotopic (exact) mass is 278 g/mol. The first kappa shape index (κ1) is 13.1. The molecule has 0 saturated carbocycles. The first-order valence-corrected chi connectivity index (χ1v) is 6.58. The standard InChI is InChI=1S/C17H14N2O2/c1-19-17(13(11-18-19)9-10-16(20)21)15-8-4-6-12-5-2-3-7-14(12)15/h2-11H,1H3,(H,20,21)/b10-9+. The maximum atomic E-state index is 10.7. The van der Waals surface area contributed by atoms with Gasteiger partial charge in [0.25, 0.3) is 0 Å². The Bertz CT molecular complexity index is 842. The van der Waals surface area contributed by atoms with Gasteiger partial charge in [0.05, 0.1) is 11.9 Å². The van der Waals surface area contributed by atoms with Crippen LogP contribution in [0.4, 0.5) is 0 Å². The highest BCUT2D eigenvalue weighted by Crippen LogP contribution is 2.31. The molecule has 0 unspecified atom stereocenters. The van der Waals surface area contributed by atoms with E-state index in [0.717, 1.165) is 33.7 Å². The van der Waals surface area contributed by atoms with Gasteiger partial charge < -0.3 is 5.11 Å². The van der Waals surface area contributed by atoms with Gasteiger partial charge in [0.1, 0.15) is 0 Å². The second-order valence-corrected chi connectivity index (χ2v) is 4.77. The van der Waals surface area contributed by atoms with E-state index >= 15 is 0 Å². The molecule has 4 heteroatoms. The summed E-state index contributed by atoms with van der Waals surface area (Å²) in [6.45, 7) is 0. The first-order valence-electron chi connectivity index (χ1n) is 6.58. The summed E-state index contributed by atoms with van der Waals surface area (Å²) in [7, 11) is 1.86. The maximum Gasteiger partial charge on any atom is 0.328 e. The number of aliphatic carboxylic acids is 1. The molecular weight excluding hydrogens is 264 g/mol. The summed E-state index contributed by atoms with van der Waals surface area (Å²) in [5, 5.41) is 15.3. The molecule has 3 aromatic rings. The van der Waals surface area contributed by atoms with Crippen molar-refractivity contribution in [3.63, 3.8) is 0 Å². The first-order chi connectivity index (χ1) is 10.2. The molecule has 0 aliphatic rings. The van der Waals surface area contributed by atoms with Crippen LogP contribution in [0.25, 0.3) is 28.1 Å². The van der Waals surface area contributed by atoms with Crippen molar-refractivity contribution in [2.45, 2.75) is 0 Å². The summed E-state index contributed by atoms with van der Waals surface area (Å²) < 4.78 is 1.77. The number of hydrogen-bond donors (Lipinski definition) is 1. The van der Waals surface area contributed by atoms with E-state index in [2.05, 4.69) is 23.3 Å². The second kappa shape index (κ2) is 5.25. The highest BCUT2D eigenvalue weighted by Gasteiger charge is 2.11. The highest BCUT2D eigenvalue weighted by molar-refractivity contribution is 5.98. The van der Waals surface area contributed by atoms with Gasteiger partial charge in [0.15, 0.2) is 0 Å². The number of fused-ring (bicyclic) bond motifs is 1. The third kappa shape index (κ3) is 2.43. The number of hydrogen-bond acceptors (Lipinski definition) is 2. The molecule has 0 amide bonds. The van der Waals surface area contributed by atoms with Gasteiger partial charge in [0.2, 0.25) is 0 Å². The minimum atomic E-state index is -0.970. The van der Waals surface area contributed by atoms with Gasteiger partial charge in [-0.1, -0.05) is 42.5 Å². The highest BCUT2D eigenvalue weighted by atomic mass is 16.4. The third-order valence-corrected chi connectivity index (χ3v) is 3.42. The number of rotatable bonds is 3. The van der Waals surface area contributed by atoms with Crippen molar-refractivity contribution in [2.24, 2.45) is 7.05 Å².